The van der Waals surface area contributed by atoms with Crippen molar-refractivity contribution in [2.24, 2.45) is 0 Å². The Morgan fingerprint density at radius 2 is 1.74 bits per heavy atom. The lowest BCUT2D eigenvalue weighted by Gasteiger charge is -2.12. The molecule has 1 N–H and O–H groups in total. The van der Waals surface area contributed by atoms with Crippen LogP contribution in [0.1, 0.15) is 12.2 Å². The lowest BCUT2D eigenvalue weighted by atomic mass is 10.3. The number of aromatic nitrogens is 2. The second kappa shape index (κ2) is 4.68. The van der Waals surface area contributed by atoms with Gasteiger partial charge in [0, 0.05) is 11.8 Å². The minimum Gasteiger partial charge on any atom is -0.508 e. The van der Waals surface area contributed by atoms with Crippen molar-refractivity contribution in [3.63, 3.8) is 0 Å². The van der Waals surface area contributed by atoms with E-state index in [2.05, 4.69) is 0 Å². The Bertz CT molecular complexity index is 717. The molecule has 0 saturated carbocycles. The lowest BCUT2D eigenvalue weighted by molar-refractivity contribution is 0.0615. The average Bonchev–Trinajstić information content (AvgIpc) is 2.30. The number of hydrogen-bond acceptors (Lipinski definition) is 3. The first-order chi connectivity index (χ1) is 8.91. The quantitative estimate of drug-likeness (QED) is 0.895. The summed E-state index contributed by atoms with van der Waals surface area (Å²) in [7, 11) is 0. The third-order valence-electron chi connectivity index (χ3n) is 2.63. The SMILES string of the molecule is Cc1cc(=O)n(-c2ccc(O)cc2)c(=O)n1C(F)F. The van der Waals surface area contributed by atoms with Gasteiger partial charge in [-0.1, -0.05) is 0 Å². The van der Waals surface area contributed by atoms with Crippen molar-refractivity contribution in [1.82, 2.24) is 9.13 Å². The average molecular weight is 268 g/mol. The first-order valence-corrected chi connectivity index (χ1v) is 5.34. The van der Waals surface area contributed by atoms with Crippen LogP contribution in [0.25, 0.3) is 5.69 Å². The first kappa shape index (κ1) is 13.0. The zero-order chi connectivity index (χ0) is 14.2. The molecule has 19 heavy (non-hydrogen) atoms. The zero-order valence-corrected chi connectivity index (χ0v) is 9.88. The summed E-state index contributed by atoms with van der Waals surface area (Å²) < 4.78 is 26.4. The summed E-state index contributed by atoms with van der Waals surface area (Å²) >= 11 is 0. The van der Waals surface area contributed by atoms with E-state index in [0.29, 0.717) is 4.57 Å². The fourth-order valence-electron chi connectivity index (χ4n) is 1.74. The van der Waals surface area contributed by atoms with Crippen molar-refractivity contribution in [2.45, 2.75) is 13.5 Å². The number of alkyl halides is 2. The number of benzene rings is 1. The molecular weight excluding hydrogens is 258 g/mol. The Morgan fingerprint density at radius 3 is 2.26 bits per heavy atom. The van der Waals surface area contributed by atoms with Gasteiger partial charge in [0.2, 0.25) is 0 Å². The van der Waals surface area contributed by atoms with Crippen LogP contribution >= 0.6 is 0 Å². The van der Waals surface area contributed by atoms with Gasteiger partial charge in [-0.3, -0.25) is 4.79 Å². The molecule has 0 fully saturated rings. The van der Waals surface area contributed by atoms with E-state index >= 15 is 0 Å². The Hall–Kier alpha value is -2.44. The molecule has 2 aromatic rings. The summed E-state index contributed by atoms with van der Waals surface area (Å²) in [5.74, 6) is -0.0573. The number of halogens is 2. The molecule has 1 heterocycles. The fraction of sp³-hybridized carbons (Fsp3) is 0.167. The Morgan fingerprint density at radius 1 is 1.16 bits per heavy atom. The van der Waals surface area contributed by atoms with E-state index in [1.54, 1.807) is 0 Å². The van der Waals surface area contributed by atoms with Crippen molar-refractivity contribution in [3.05, 3.63) is 56.9 Å². The highest BCUT2D eigenvalue weighted by Gasteiger charge is 2.16. The molecule has 0 atom stereocenters. The molecule has 0 spiro atoms. The summed E-state index contributed by atoms with van der Waals surface area (Å²) in [6.07, 6.45) is 0. The van der Waals surface area contributed by atoms with Crippen LogP contribution < -0.4 is 11.2 Å². The Labute approximate surface area is 106 Å². The van der Waals surface area contributed by atoms with Gasteiger partial charge in [-0.05, 0) is 31.2 Å². The van der Waals surface area contributed by atoms with E-state index in [1.807, 2.05) is 0 Å². The molecular formula is C12H10F2N2O3. The van der Waals surface area contributed by atoms with Crippen molar-refractivity contribution < 1.29 is 13.9 Å². The highest BCUT2D eigenvalue weighted by atomic mass is 19.3. The van der Waals surface area contributed by atoms with Crippen molar-refractivity contribution in [1.29, 1.82) is 0 Å². The first-order valence-electron chi connectivity index (χ1n) is 5.34. The number of nitrogens with zero attached hydrogens (tertiary/aromatic N) is 2. The number of hydrogen-bond donors (Lipinski definition) is 1. The molecule has 100 valence electrons. The summed E-state index contributed by atoms with van der Waals surface area (Å²) in [4.78, 5) is 23.7. The van der Waals surface area contributed by atoms with Crippen LogP contribution in [0.3, 0.4) is 0 Å². The predicted octanol–water partition coefficient (Wildman–Crippen LogP) is 1.41. The van der Waals surface area contributed by atoms with Crippen LogP contribution in [0.4, 0.5) is 8.78 Å². The highest BCUT2D eigenvalue weighted by Crippen LogP contribution is 2.12. The van der Waals surface area contributed by atoms with Gasteiger partial charge >= 0.3 is 12.2 Å². The van der Waals surface area contributed by atoms with Crippen LogP contribution in [0.2, 0.25) is 0 Å². The molecule has 0 aliphatic carbocycles. The molecule has 1 aromatic heterocycles. The van der Waals surface area contributed by atoms with Crippen molar-refractivity contribution in [3.8, 4) is 11.4 Å². The number of phenolic OH excluding ortho intramolecular Hbond substituents is 1. The van der Waals surface area contributed by atoms with E-state index < -0.39 is 17.8 Å². The Balaban J connectivity index is 2.78. The Kier molecular flexibility index (Phi) is 3.20. The zero-order valence-electron chi connectivity index (χ0n) is 9.88. The third-order valence-corrected chi connectivity index (χ3v) is 2.63. The molecule has 0 radical (unpaired) electrons. The smallest absolute Gasteiger partial charge is 0.340 e. The number of rotatable bonds is 2. The monoisotopic (exact) mass is 268 g/mol. The largest absolute Gasteiger partial charge is 0.508 e. The number of phenols is 1. The molecule has 2 rings (SSSR count). The van der Waals surface area contributed by atoms with Crippen LogP contribution in [0.5, 0.6) is 5.75 Å². The van der Waals surface area contributed by atoms with Gasteiger partial charge in [-0.25, -0.2) is 13.9 Å². The maximum Gasteiger partial charge on any atom is 0.340 e. The molecule has 0 saturated heterocycles. The van der Waals surface area contributed by atoms with Gasteiger partial charge in [-0.2, -0.15) is 8.78 Å². The van der Waals surface area contributed by atoms with E-state index in [9.17, 15) is 18.4 Å². The second-order valence-corrected chi connectivity index (χ2v) is 3.91. The van der Waals surface area contributed by atoms with Crippen LogP contribution in [-0.2, 0) is 0 Å². The molecule has 1 aromatic carbocycles. The normalized spacial score (nSPS) is 10.9. The molecule has 0 aliphatic rings. The van der Waals surface area contributed by atoms with Gasteiger partial charge < -0.3 is 5.11 Å². The van der Waals surface area contributed by atoms with Crippen LogP contribution in [0.15, 0.2) is 39.9 Å². The van der Waals surface area contributed by atoms with E-state index in [1.165, 1.54) is 31.2 Å². The standard InChI is InChI=1S/C12H10F2N2O3/c1-7-6-10(18)16(12(19)15(7)11(13)14)8-2-4-9(17)5-3-8/h2-6,11,17H,1H3. The van der Waals surface area contributed by atoms with Crippen molar-refractivity contribution >= 4 is 0 Å². The van der Waals surface area contributed by atoms with E-state index in [0.717, 1.165) is 6.07 Å². The van der Waals surface area contributed by atoms with Gasteiger partial charge in [-0.15, -0.1) is 0 Å². The molecule has 7 heteroatoms. The molecule has 0 unspecified atom stereocenters. The second-order valence-electron chi connectivity index (χ2n) is 3.91. The predicted molar refractivity (Wildman–Crippen MR) is 64.0 cm³/mol. The van der Waals surface area contributed by atoms with Crippen LogP contribution in [0, 0.1) is 6.92 Å². The van der Waals surface area contributed by atoms with E-state index in [-0.39, 0.29) is 21.7 Å². The third kappa shape index (κ3) is 2.26. The van der Waals surface area contributed by atoms with Crippen LogP contribution in [-0.4, -0.2) is 14.2 Å². The van der Waals surface area contributed by atoms with Gasteiger partial charge in [0.15, 0.2) is 0 Å². The van der Waals surface area contributed by atoms with Gasteiger partial charge in [0.1, 0.15) is 5.75 Å². The molecule has 0 aliphatic heterocycles. The van der Waals surface area contributed by atoms with Gasteiger partial charge in [0.25, 0.3) is 5.56 Å². The number of aryl methyl sites for hydroxylation is 1. The van der Waals surface area contributed by atoms with Gasteiger partial charge in [0.05, 0.1) is 5.69 Å². The molecule has 0 bridgehead atoms. The maximum absolute atomic E-state index is 12.8. The molecule has 5 nitrogen and oxygen atoms in total. The van der Waals surface area contributed by atoms with Crippen molar-refractivity contribution in [2.75, 3.05) is 0 Å². The minimum absolute atomic E-state index is 0.0573. The summed E-state index contributed by atoms with van der Waals surface area (Å²) in [6.45, 7) is -1.77. The minimum atomic E-state index is -3.03. The summed E-state index contributed by atoms with van der Waals surface area (Å²) in [6, 6.07) is 6.06. The van der Waals surface area contributed by atoms with E-state index in [4.69, 9.17) is 5.11 Å². The lowest BCUT2D eigenvalue weighted by Crippen LogP contribution is -2.39. The highest BCUT2D eigenvalue weighted by molar-refractivity contribution is 5.36. The topological polar surface area (TPSA) is 64.2 Å². The maximum atomic E-state index is 12.8. The fourth-order valence-corrected chi connectivity index (χ4v) is 1.74. The summed E-state index contributed by atoms with van der Waals surface area (Å²) in [5, 5.41) is 9.14. The molecule has 0 amide bonds. The summed E-state index contributed by atoms with van der Waals surface area (Å²) in [5.41, 5.74) is -1.82. The number of aromatic hydroxyl groups is 1.